The summed E-state index contributed by atoms with van der Waals surface area (Å²) in [4.78, 5) is 4.72. The molecule has 0 saturated carbocycles. The smallest absolute Gasteiger partial charge is 0.173 e. The number of thiocarbonyl (C=S) groups is 1. The third-order valence-electron chi connectivity index (χ3n) is 4.53. The Morgan fingerprint density at radius 1 is 1.12 bits per heavy atom. The molecule has 0 amide bonds. The molecule has 6 heteroatoms. The zero-order valence-corrected chi connectivity index (χ0v) is 16.5. The lowest BCUT2D eigenvalue weighted by molar-refractivity contribution is 0.278. The molecule has 4 nitrogen and oxygen atoms in total. The fraction of sp³-hybridized carbons (Fsp3) is 0.350. The van der Waals surface area contributed by atoms with Gasteiger partial charge in [0.25, 0.3) is 0 Å². The molecule has 0 radical (unpaired) electrons. The largest absolute Gasteiger partial charge is 0.495 e. The molecule has 0 aliphatic carbocycles. The van der Waals surface area contributed by atoms with E-state index in [2.05, 4.69) is 45.4 Å². The van der Waals surface area contributed by atoms with Gasteiger partial charge in [-0.2, -0.15) is 0 Å². The minimum atomic E-state index is 0.574. The topological polar surface area (TPSA) is 27.7 Å². The molecule has 1 aliphatic rings. The summed E-state index contributed by atoms with van der Waals surface area (Å²) in [5.74, 6) is 0.662. The van der Waals surface area contributed by atoms with E-state index < -0.39 is 0 Å². The van der Waals surface area contributed by atoms with Crippen molar-refractivity contribution in [2.75, 3.05) is 38.6 Å². The van der Waals surface area contributed by atoms with Crippen molar-refractivity contribution >= 4 is 34.6 Å². The summed E-state index contributed by atoms with van der Waals surface area (Å²) in [6, 6.07) is 16.2. The number of methoxy groups -OCH3 is 1. The Hall–Kier alpha value is -1.82. The van der Waals surface area contributed by atoms with Crippen molar-refractivity contribution in [1.29, 1.82) is 0 Å². The Morgan fingerprint density at radius 2 is 1.92 bits per heavy atom. The van der Waals surface area contributed by atoms with Crippen LogP contribution in [0.5, 0.6) is 5.75 Å². The van der Waals surface area contributed by atoms with Gasteiger partial charge in [0.05, 0.1) is 12.1 Å². The van der Waals surface area contributed by atoms with Crippen molar-refractivity contribution in [3.63, 3.8) is 0 Å². The van der Waals surface area contributed by atoms with E-state index in [0.717, 1.165) is 49.9 Å². The molecule has 0 spiro atoms. The van der Waals surface area contributed by atoms with Crippen LogP contribution in [0.2, 0.25) is 5.02 Å². The lowest BCUT2D eigenvalue weighted by Gasteiger charge is -2.25. The SMILES string of the molecule is COc1ccc(NC(=S)N2CCCN(Cc3ccccc3)CC2)cc1Cl. The lowest BCUT2D eigenvalue weighted by atomic mass is 10.2. The zero-order valence-electron chi connectivity index (χ0n) is 15.0. The van der Waals surface area contributed by atoms with Crippen LogP contribution in [0.1, 0.15) is 12.0 Å². The van der Waals surface area contributed by atoms with Crippen LogP contribution < -0.4 is 10.1 Å². The summed E-state index contributed by atoms with van der Waals surface area (Å²) in [5, 5.41) is 4.61. The van der Waals surface area contributed by atoms with Gasteiger partial charge in [-0.15, -0.1) is 0 Å². The maximum absolute atomic E-state index is 6.19. The number of nitrogens with zero attached hydrogens (tertiary/aromatic N) is 2. The second kappa shape index (κ2) is 9.21. The van der Waals surface area contributed by atoms with Gasteiger partial charge in [0.2, 0.25) is 0 Å². The number of hydrogen-bond acceptors (Lipinski definition) is 3. The first-order valence-electron chi connectivity index (χ1n) is 8.81. The van der Waals surface area contributed by atoms with Crippen LogP contribution in [0, 0.1) is 0 Å². The van der Waals surface area contributed by atoms with E-state index in [1.54, 1.807) is 7.11 Å². The van der Waals surface area contributed by atoms with Gasteiger partial charge in [-0.05, 0) is 42.4 Å². The molecule has 26 heavy (non-hydrogen) atoms. The van der Waals surface area contributed by atoms with Crippen LogP contribution in [-0.4, -0.2) is 48.2 Å². The Balaban J connectivity index is 1.55. The summed E-state index contributed by atoms with van der Waals surface area (Å²) >= 11 is 11.8. The van der Waals surface area contributed by atoms with Crippen molar-refractivity contribution in [1.82, 2.24) is 9.80 Å². The van der Waals surface area contributed by atoms with Gasteiger partial charge in [0.15, 0.2) is 5.11 Å². The van der Waals surface area contributed by atoms with Crippen molar-refractivity contribution in [2.24, 2.45) is 0 Å². The molecule has 2 aromatic rings. The van der Waals surface area contributed by atoms with Crippen LogP contribution in [0.25, 0.3) is 0 Å². The van der Waals surface area contributed by atoms with Crippen molar-refractivity contribution in [3.8, 4) is 5.75 Å². The lowest BCUT2D eigenvalue weighted by Crippen LogP contribution is -2.37. The number of nitrogens with one attached hydrogen (secondary N) is 1. The number of halogens is 1. The maximum Gasteiger partial charge on any atom is 0.173 e. The molecule has 0 unspecified atom stereocenters. The first kappa shape index (κ1) is 19.0. The molecule has 0 aromatic heterocycles. The molecule has 0 atom stereocenters. The van der Waals surface area contributed by atoms with Gasteiger partial charge in [-0.1, -0.05) is 41.9 Å². The molecule has 1 aliphatic heterocycles. The number of rotatable bonds is 4. The predicted octanol–water partition coefficient (Wildman–Crippen LogP) is 4.25. The Kier molecular flexibility index (Phi) is 6.72. The van der Waals surface area contributed by atoms with E-state index in [-0.39, 0.29) is 0 Å². The number of benzene rings is 2. The van der Waals surface area contributed by atoms with E-state index in [4.69, 9.17) is 28.6 Å². The summed E-state index contributed by atoms with van der Waals surface area (Å²) in [7, 11) is 1.61. The van der Waals surface area contributed by atoms with Crippen molar-refractivity contribution in [3.05, 3.63) is 59.1 Å². The molecule has 138 valence electrons. The normalized spacial score (nSPS) is 15.4. The number of hydrogen-bond donors (Lipinski definition) is 1. The highest BCUT2D eigenvalue weighted by Gasteiger charge is 2.17. The molecule has 3 rings (SSSR count). The Labute approximate surface area is 165 Å². The molecule has 1 N–H and O–H groups in total. The quantitative estimate of drug-likeness (QED) is 0.789. The minimum Gasteiger partial charge on any atom is -0.495 e. The second-order valence-corrected chi connectivity index (χ2v) is 7.18. The van der Waals surface area contributed by atoms with E-state index in [0.29, 0.717) is 10.8 Å². The van der Waals surface area contributed by atoms with Gasteiger partial charge in [-0.3, -0.25) is 4.90 Å². The Morgan fingerprint density at radius 3 is 2.65 bits per heavy atom. The van der Waals surface area contributed by atoms with Crippen molar-refractivity contribution < 1.29 is 4.74 Å². The molecule has 2 aromatic carbocycles. The van der Waals surface area contributed by atoms with Gasteiger partial charge in [0.1, 0.15) is 5.75 Å². The van der Waals surface area contributed by atoms with E-state index >= 15 is 0 Å². The minimum absolute atomic E-state index is 0.574. The molecule has 0 bridgehead atoms. The van der Waals surface area contributed by atoms with E-state index in [1.807, 2.05) is 18.2 Å². The highest BCUT2D eigenvalue weighted by Crippen LogP contribution is 2.27. The highest BCUT2D eigenvalue weighted by molar-refractivity contribution is 7.80. The summed E-state index contributed by atoms with van der Waals surface area (Å²) < 4.78 is 5.19. The number of ether oxygens (including phenoxy) is 1. The van der Waals surface area contributed by atoms with Crippen molar-refractivity contribution in [2.45, 2.75) is 13.0 Å². The Bertz CT molecular complexity index is 741. The third-order valence-corrected chi connectivity index (χ3v) is 5.18. The van der Waals surface area contributed by atoms with Gasteiger partial charge >= 0.3 is 0 Å². The number of anilines is 1. The van der Waals surface area contributed by atoms with Crippen LogP contribution in [0.4, 0.5) is 5.69 Å². The first-order valence-corrected chi connectivity index (χ1v) is 9.60. The zero-order chi connectivity index (χ0) is 18.4. The monoisotopic (exact) mass is 389 g/mol. The van der Waals surface area contributed by atoms with Gasteiger partial charge in [0, 0.05) is 38.4 Å². The third kappa shape index (κ3) is 5.10. The summed E-state index contributed by atoms with van der Waals surface area (Å²) in [6.45, 7) is 4.95. The predicted molar refractivity (Wildman–Crippen MR) is 112 cm³/mol. The average Bonchev–Trinajstić information content (AvgIpc) is 2.88. The fourth-order valence-electron chi connectivity index (χ4n) is 3.12. The van der Waals surface area contributed by atoms with E-state index in [1.165, 1.54) is 5.56 Å². The summed E-state index contributed by atoms with van der Waals surface area (Å²) in [5.41, 5.74) is 2.24. The second-order valence-electron chi connectivity index (χ2n) is 6.38. The first-order chi connectivity index (χ1) is 12.7. The van der Waals surface area contributed by atoms with Crippen LogP contribution in [-0.2, 0) is 6.54 Å². The molecule has 1 fully saturated rings. The van der Waals surface area contributed by atoms with Gasteiger partial charge in [-0.25, -0.2) is 0 Å². The molecular weight excluding hydrogens is 366 g/mol. The maximum atomic E-state index is 6.19. The molecular formula is C20H24ClN3OS. The van der Waals surface area contributed by atoms with Crippen LogP contribution in [0.15, 0.2) is 48.5 Å². The molecule has 1 heterocycles. The average molecular weight is 390 g/mol. The highest BCUT2D eigenvalue weighted by atomic mass is 35.5. The summed E-state index contributed by atoms with van der Waals surface area (Å²) in [6.07, 6.45) is 1.10. The molecule has 1 saturated heterocycles. The van der Waals surface area contributed by atoms with Crippen LogP contribution in [0.3, 0.4) is 0 Å². The van der Waals surface area contributed by atoms with E-state index in [9.17, 15) is 0 Å². The standard InChI is InChI=1S/C20H24ClN3OS/c1-25-19-9-8-17(14-18(19)21)22-20(26)24-11-5-10-23(12-13-24)15-16-6-3-2-4-7-16/h2-4,6-9,14H,5,10-13,15H2,1H3,(H,22,26). The van der Waals surface area contributed by atoms with Crippen LogP contribution >= 0.6 is 23.8 Å². The fourth-order valence-corrected chi connectivity index (χ4v) is 3.68. The van der Waals surface area contributed by atoms with Gasteiger partial charge < -0.3 is 15.0 Å².